The summed E-state index contributed by atoms with van der Waals surface area (Å²) in [5, 5.41) is 10.3. The van der Waals surface area contributed by atoms with Gasteiger partial charge in [-0.1, -0.05) is 13.3 Å². The van der Waals surface area contributed by atoms with Crippen LogP contribution in [0.15, 0.2) is 11.8 Å². The van der Waals surface area contributed by atoms with E-state index >= 15 is 0 Å². The fourth-order valence-electron chi connectivity index (χ4n) is 6.32. The van der Waals surface area contributed by atoms with E-state index in [1.807, 2.05) is 13.0 Å². The number of aliphatic hydroxyl groups is 1. The van der Waals surface area contributed by atoms with Crippen molar-refractivity contribution in [1.82, 2.24) is 9.80 Å². The molecule has 0 bridgehead atoms. The van der Waals surface area contributed by atoms with Crippen molar-refractivity contribution < 1.29 is 38.5 Å². The molecule has 2 fully saturated rings. The predicted molar refractivity (Wildman–Crippen MR) is 141 cm³/mol. The van der Waals surface area contributed by atoms with Crippen LogP contribution in [0, 0.1) is 11.8 Å². The van der Waals surface area contributed by atoms with Gasteiger partial charge in [0.2, 0.25) is 18.1 Å². The van der Waals surface area contributed by atoms with Crippen molar-refractivity contribution in [2.75, 3.05) is 6.54 Å². The Bertz CT molecular complexity index is 1200. The molecule has 2 amide bonds. The number of carbonyl (C=O) groups excluding carboxylic acids is 4. The lowest BCUT2D eigenvalue weighted by Gasteiger charge is -2.46. The van der Waals surface area contributed by atoms with Gasteiger partial charge in [0.1, 0.15) is 11.8 Å². The van der Waals surface area contributed by atoms with Gasteiger partial charge in [-0.15, -0.1) is 11.3 Å². The van der Waals surface area contributed by atoms with Gasteiger partial charge >= 0.3 is 12.1 Å². The van der Waals surface area contributed by atoms with Crippen molar-refractivity contribution in [3.8, 4) is 0 Å². The van der Waals surface area contributed by atoms with Crippen LogP contribution >= 0.6 is 11.3 Å². The lowest BCUT2D eigenvalue weighted by molar-refractivity contribution is -0.174. The Morgan fingerprint density at radius 3 is 2.51 bits per heavy atom. The van der Waals surface area contributed by atoms with E-state index in [-0.39, 0.29) is 35.6 Å². The highest BCUT2D eigenvalue weighted by Crippen LogP contribution is 2.52. The molecule has 0 radical (unpaired) electrons. The second kappa shape index (κ2) is 10.9. The minimum Gasteiger partial charge on any atom is -0.431 e. The molecule has 0 aromatic carbocycles. The molecule has 4 aliphatic rings. The van der Waals surface area contributed by atoms with E-state index in [4.69, 9.17) is 14.2 Å². The first kappa shape index (κ1) is 27.6. The third-order valence-electron chi connectivity index (χ3n) is 8.31. The number of carbonyl (C=O) groups is 4. The molecule has 4 heterocycles. The molecule has 1 aromatic heterocycles. The van der Waals surface area contributed by atoms with Gasteiger partial charge in [-0.05, 0) is 50.7 Å². The van der Waals surface area contributed by atoms with E-state index in [0.29, 0.717) is 25.1 Å². The van der Waals surface area contributed by atoms with Gasteiger partial charge in [-0.2, -0.15) is 0 Å². The van der Waals surface area contributed by atoms with Crippen LogP contribution in [-0.4, -0.2) is 69.9 Å². The molecular formula is C28H36N2O8S. The Labute approximate surface area is 231 Å². The number of esters is 1. The third kappa shape index (κ3) is 5.18. The molecule has 212 valence electrons. The van der Waals surface area contributed by atoms with Crippen molar-refractivity contribution in [1.29, 1.82) is 0 Å². The quantitative estimate of drug-likeness (QED) is 0.318. The van der Waals surface area contributed by atoms with Gasteiger partial charge in [0.05, 0.1) is 24.6 Å². The predicted octanol–water partition coefficient (Wildman–Crippen LogP) is 3.60. The molecule has 1 N–H and O–H groups in total. The molecule has 1 saturated heterocycles. The fourth-order valence-corrected chi connectivity index (χ4v) is 7.69. The summed E-state index contributed by atoms with van der Waals surface area (Å²) in [6.45, 7) is 7.65. The molecule has 39 heavy (non-hydrogen) atoms. The Hall–Kier alpha value is -2.92. The van der Waals surface area contributed by atoms with Gasteiger partial charge in [-0.3, -0.25) is 9.59 Å². The Balaban J connectivity index is 1.38. The van der Waals surface area contributed by atoms with E-state index < -0.39 is 30.4 Å². The summed E-state index contributed by atoms with van der Waals surface area (Å²) in [5.74, 6) is -1.95. The first-order valence-electron chi connectivity index (χ1n) is 13.8. The van der Waals surface area contributed by atoms with Crippen LogP contribution in [0.4, 0.5) is 4.79 Å². The summed E-state index contributed by atoms with van der Waals surface area (Å²) in [6, 6.07) is 1.65. The van der Waals surface area contributed by atoms with Crippen LogP contribution < -0.4 is 0 Å². The maximum atomic E-state index is 13.5. The molecule has 10 nitrogen and oxygen atoms in total. The monoisotopic (exact) mass is 560 g/mol. The lowest BCUT2D eigenvalue weighted by atomic mass is 9.77. The zero-order chi connectivity index (χ0) is 28.0. The molecule has 5 rings (SSSR count). The van der Waals surface area contributed by atoms with E-state index in [9.17, 15) is 24.3 Å². The maximum Gasteiger partial charge on any atom is 0.511 e. The third-order valence-corrected chi connectivity index (χ3v) is 9.50. The van der Waals surface area contributed by atoms with Crippen molar-refractivity contribution >= 4 is 40.8 Å². The average molecular weight is 561 g/mol. The number of aliphatic hydroxyl groups excluding tert-OH is 1. The number of hydrogen-bond acceptors (Lipinski definition) is 9. The lowest BCUT2D eigenvalue weighted by Crippen LogP contribution is -2.63. The van der Waals surface area contributed by atoms with E-state index in [1.165, 1.54) is 23.2 Å². The number of β-lactam (4-membered cyclic amide) rings is 1. The number of amides is 2. The highest BCUT2D eigenvalue weighted by Gasteiger charge is 2.60. The van der Waals surface area contributed by atoms with Crippen LogP contribution in [0.25, 0.3) is 5.57 Å². The Morgan fingerprint density at radius 1 is 1.13 bits per heavy atom. The number of thiophene rings is 1. The number of nitrogens with zero attached hydrogens (tertiary/aromatic N) is 2. The zero-order valence-corrected chi connectivity index (χ0v) is 23.6. The molecule has 1 aliphatic carbocycles. The van der Waals surface area contributed by atoms with Crippen LogP contribution in [0.5, 0.6) is 0 Å². The number of rotatable bonds is 6. The molecule has 5 atom stereocenters. The molecule has 11 heteroatoms. The molecule has 1 saturated carbocycles. The largest absolute Gasteiger partial charge is 0.511 e. The van der Waals surface area contributed by atoms with Crippen molar-refractivity contribution in [3.05, 3.63) is 27.1 Å². The van der Waals surface area contributed by atoms with E-state index in [1.54, 1.807) is 18.7 Å². The normalized spacial score (nSPS) is 26.4. The summed E-state index contributed by atoms with van der Waals surface area (Å²) < 4.78 is 16.1. The number of hydrogen-bond donors (Lipinski definition) is 1. The van der Waals surface area contributed by atoms with E-state index in [2.05, 4.69) is 0 Å². The summed E-state index contributed by atoms with van der Waals surface area (Å²) in [4.78, 5) is 55.9. The molecule has 3 aliphatic heterocycles. The molecule has 1 aromatic rings. The summed E-state index contributed by atoms with van der Waals surface area (Å²) in [6.07, 6.45) is 2.23. The standard InChI is InChI=1S/C28H36N2O8S/c1-14-22(20-12-18-10-11-29(16(3)32)13-21(18)39-20)25(30-24(14)23(15(2)31)26(30)33)27(34)36-17(4)37-28(35)38-19-8-6-5-7-9-19/h12,14-15,17,19,23-24,31H,5-11,13H2,1-4H3/t14-,15+,17?,23+,24+/m0/s1. The Morgan fingerprint density at radius 2 is 1.85 bits per heavy atom. The second-order valence-corrected chi connectivity index (χ2v) is 12.1. The van der Waals surface area contributed by atoms with Crippen molar-refractivity contribution in [2.45, 2.75) is 97.3 Å². The van der Waals surface area contributed by atoms with Crippen LogP contribution in [0.2, 0.25) is 0 Å². The topological polar surface area (TPSA) is 123 Å². The SMILES string of the molecule is CC(=O)N1CCc2cc(C3=C(C(=O)OC(C)OC(=O)OC4CCCCC4)N4C(=O)[C@H]([C@@H](C)O)[C@H]4[C@H]3C)sc2C1. The van der Waals surface area contributed by atoms with Gasteiger partial charge in [0, 0.05) is 41.6 Å². The van der Waals surface area contributed by atoms with Crippen molar-refractivity contribution in [3.63, 3.8) is 0 Å². The summed E-state index contributed by atoms with van der Waals surface area (Å²) >= 11 is 1.50. The molecule has 1 unspecified atom stereocenters. The minimum atomic E-state index is -1.22. The van der Waals surface area contributed by atoms with Crippen LogP contribution in [0.1, 0.15) is 75.1 Å². The molecule has 0 spiro atoms. The number of fused-ring (bicyclic) bond motifs is 2. The zero-order valence-electron chi connectivity index (χ0n) is 22.8. The first-order chi connectivity index (χ1) is 18.6. The minimum absolute atomic E-state index is 0.0128. The smallest absolute Gasteiger partial charge is 0.431 e. The van der Waals surface area contributed by atoms with Gasteiger partial charge in [0.15, 0.2) is 0 Å². The van der Waals surface area contributed by atoms with Gasteiger partial charge < -0.3 is 29.1 Å². The fraction of sp³-hybridized carbons (Fsp3) is 0.643. The Kier molecular flexibility index (Phi) is 7.74. The maximum absolute atomic E-state index is 13.5. The number of ether oxygens (including phenoxy) is 3. The van der Waals surface area contributed by atoms with Gasteiger partial charge in [0.25, 0.3) is 0 Å². The van der Waals surface area contributed by atoms with Crippen molar-refractivity contribution in [2.24, 2.45) is 11.8 Å². The second-order valence-electron chi connectivity index (χ2n) is 11.0. The van der Waals surface area contributed by atoms with Crippen LogP contribution in [0.3, 0.4) is 0 Å². The summed E-state index contributed by atoms with van der Waals surface area (Å²) in [5.41, 5.74) is 1.91. The van der Waals surface area contributed by atoms with Gasteiger partial charge in [-0.25, -0.2) is 9.59 Å². The highest BCUT2D eigenvalue weighted by molar-refractivity contribution is 7.13. The van der Waals surface area contributed by atoms with E-state index in [0.717, 1.165) is 47.4 Å². The summed E-state index contributed by atoms with van der Waals surface area (Å²) in [7, 11) is 0. The van der Waals surface area contributed by atoms with Crippen LogP contribution in [-0.2, 0) is 41.6 Å². The average Bonchev–Trinajstić information content (AvgIpc) is 3.39. The molecular weight excluding hydrogens is 524 g/mol. The first-order valence-corrected chi connectivity index (χ1v) is 14.6. The highest BCUT2D eigenvalue weighted by atomic mass is 32.1.